The second-order valence-corrected chi connectivity index (χ2v) is 4.14. The highest BCUT2D eigenvalue weighted by Gasteiger charge is 2.29. The minimum absolute atomic E-state index is 0.0697. The van der Waals surface area contributed by atoms with Gasteiger partial charge in [0.05, 0.1) is 11.1 Å². The molecule has 0 radical (unpaired) electrons. The fourth-order valence-electron chi connectivity index (χ4n) is 1.21. The van der Waals surface area contributed by atoms with Crippen LogP contribution in [0.1, 0.15) is 17.3 Å². The standard InChI is InChI=1S/C11H10BrF3O3/c1-2-17-9-4-7(5-16)3-8(12)10(9)18-6-11(13,14)15/h3-5H,2,6H2,1H3. The molecule has 3 nitrogen and oxygen atoms in total. The summed E-state index contributed by atoms with van der Waals surface area (Å²) in [5, 5.41) is 0. The van der Waals surface area contributed by atoms with Crippen molar-refractivity contribution in [1.82, 2.24) is 0 Å². The summed E-state index contributed by atoms with van der Waals surface area (Å²) in [5.74, 6) is 0.0259. The van der Waals surface area contributed by atoms with Gasteiger partial charge in [-0.25, -0.2) is 0 Å². The van der Waals surface area contributed by atoms with Crippen molar-refractivity contribution in [2.75, 3.05) is 13.2 Å². The zero-order valence-electron chi connectivity index (χ0n) is 9.38. The molecular formula is C11H10BrF3O3. The predicted molar refractivity (Wildman–Crippen MR) is 62.2 cm³/mol. The van der Waals surface area contributed by atoms with Gasteiger partial charge in [0.2, 0.25) is 0 Å². The van der Waals surface area contributed by atoms with Gasteiger partial charge in [-0.05, 0) is 35.0 Å². The van der Waals surface area contributed by atoms with Crippen LogP contribution in [-0.2, 0) is 0 Å². The first kappa shape index (κ1) is 14.8. The summed E-state index contributed by atoms with van der Waals surface area (Å²) in [7, 11) is 0. The van der Waals surface area contributed by atoms with Gasteiger partial charge in [0.1, 0.15) is 6.29 Å². The quantitative estimate of drug-likeness (QED) is 0.775. The summed E-state index contributed by atoms with van der Waals surface area (Å²) in [6.07, 6.45) is -3.87. The Labute approximate surface area is 110 Å². The molecule has 0 heterocycles. The van der Waals surface area contributed by atoms with Gasteiger partial charge >= 0.3 is 6.18 Å². The van der Waals surface area contributed by atoms with Gasteiger partial charge in [-0.3, -0.25) is 4.79 Å². The molecule has 0 atom stereocenters. The molecule has 0 saturated heterocycles. The molecule has 0 aliphatic rings. The van der Waals surface area contributed by atoms with E-state index >= 15 is 0 Å². The average molecular weight is 327 g/mol. The van der Waals surface area contributed by atoms with Crippen LogP contribution in [0, 0.1) is 0 Å². The van der Waals surface area contributed by atoms with E-state index in [0.717, 1.165) is 0 Å². The first-order valence-electron chi connectivity index (χ1n) is 4.98. The Balaban J connectivity index is 3.04. The zero-order chi connectivity index (χ0) is 13.8. The molecule has 0 aliphatic carbocycles. The number of alkyl halides is 3. The summed E-state index contributed by atoms with van der Waals surface area (Å²) in [4.78, 5) is 10.6. The topological polar surface area (TPSA) is 35.5 Å². The van der Waals surface area contributed by atoms with E-state index in [1.165, 1.54) is 12.1 Å². The fraction of sp³-hybridized carbons (Fsp3) is 0.364. The Bertz CT molecular complexity index is 432. The Hall–Kier alpha value is -1.24. The monoisotopic (exact) mass is 326 g/mol. The van der Waals surface area contributed by atoms with E-state index in [2.05, 4.69) is 20.7 Å². The minimum Gasteiger partial charge on any atom is -0.490 e. The number of hydrogen-bond acceptors (Lipinski definition) is 3. The number of benzene rings is 1. The summed E-state index contributed by atoms with van der Waals surface area (Å²) in [5.41, 5.74) is 0.282. The van der Waals surface area contributed by atoms with Crippen LogP contribution in [-0.4, -0.2) is 25.7 Å². The lowest BCUT2D eigenvalue weighted by Gasteiger charge is -2.15. The maximum atomic E-state index is 12.1. The molecule has 0 fully saturated rings. The molecule has 1 aromatic rings. The molecule has 1 aromatic carbocycles. The summed E-state index contributed by atoms with van der Waals surface area (Å²) in [6.45, 7) is 0.498. The molecule has 0 aliphatic heterocycles. The van der Waals surface area contributed by atoms with Crippen molar-refractivity contribution in [1.29, 1.82) is 0 Å². The van der Waals surface area contributed by atoms with Gasteiger partial charge in [0.25, 0.3) is 0 Å². The average Bonchev–Trinajstić information content (AvgIpc) is 2.26. The molecule has 0 bridgehead atoms. The highest BCUT2D eigenvalue weighted by atomic mass is 79.9. The number of carbonyl (C=O) groups is 1. The number of halogens is 4. The van der Waals surface area contributed by atoms with Crippen LogP contribution in [0.3, 0.4) is 0 Å². The third-order valence-electron chi connectivity index (χ3n) is 1.85. The lowest BCUT2D eigenvalue weighted by Crippen LogP contribution is -2.19. The third kappa shape index (κ3) is 4.21. The van der Waals surface area contributed by atoms with Crippen LogP contribution in [0.2, 0.25) is 0 Å². The molecule has 0 unspecified atom stereocenters. The van der Waals surface area contributed by atoms with Crippen LogP contribution >= 0.6 is 15.9 Å². The van der Waals surface area contributed by atoms with Crippen molar-refractivity contribution in [3.8, 4) is 11.5 Å². The van der Waals surface area contributed by atoms with Gasteiger partial charge in [0.15, 0.2) is 18.1 Å². The van der Waals surface area contributed by atoms with Crippen molar-refractivity contribution >= 4 is 22.2 Å². The summed E-state index contributed by atoms with van der Waals surface area (Å²) < 4.78 is 46.3. The maximum Gasteiger partial charge on any atom is 0.422 e. The number of aldehydes is 1. The van der Waals surface area contributed by atoms with E-state index < -0.39 is 12.8 Å². The number of carbonyl (C=O) groups excluding carboxylic acids is 1. The molecule has 7 heteroatoms. The predicted octanol–water partition coefficient (Wildman–Crippen LogP) is 3.60. The lowest BCUT2D eigenvalue weighted by molar-refractivity contribution is -0.153. The van der Waals surface area contributed by atoms with Crippen molar-refractivity contribution < 1.29 is 27.4 Å². The molecule has 100 valence electrons. The fourth-order valence-corrected chi connectivity index (χ4v) is 1.79. The molecule has 0 N–H and O–H groups in total. The van der Waals surface area contributed by atoms with E-state index in [0.29, 0.717) is 6.29 Å². The van der Waals surface area contributed by atoms with Crippen LogP contribution in [0.25, 0.3) is 0 Å². The van der Waals surface area contributed by atoms with Crippen molar-refractivity contribution in [3.05, 3.63) is 22.2 Å². The third-order valence-corrected chi connectivity index (χ3v) is 2.44. The van der Waals surface area contributed by atoms with Crippen molar-refractivity contribution in [3.63, 3.8) is 0 Å². The largest absolute Gasteiger partial charge is 0.490 e. The Morgan fingerprint density at radius 3 is 2.50 bits per heavy atom. The summed E-state index contributed by atoms with van der Waals surface area (Å²) in [6, 6.07) is 2.69. The van der Waals surface area contributed by atoms with Crippen LogP contribution in [0.5, 0.6) is 11.5 Å². The molecular weight excluding hydrogens is 317 g/mol. The van der Waals surface area contributed by atoms with Crippen LogP contribution < -0.4 is 9.47 Å². The van der Waals surface area contributed by atoms with E-state index in [9.17, 15) is 18.0 Å². The first-order chi connectivity index (χ1) is 8.37. The highest BCUT2D eigenvalue weighted by Crippen LogP contribution is 2.37. The van der Waals surface area contributed by atoms with Gasteiger partial charge in [-0.1, -0.05) is 0 Å². The lowest BCUT2D eigenvalue weighted by atomic mass is 10.2. The molecule has 0 aromatic heterocycles. The highest BCUT2D eigenvalue weighted by molar-refractivity contribution is 9.10. The zero-order valence-corrected chi connectivity index (χ0v) is 11.0. The van der Waals surface area contributed by atoms with Crippen molar-refractivity contribution in [2.24, 2.45) is 0 Å². The van der Waals surface area contributed by atoms with Gasteiger partial charge < -0.3 is 9.47 Å². The van der Waals surface area contributed by atoms with E-state index in [4.69, 9.17) is 4.74 Å². The second-order valence-electron chi connectivity index (χ2n) is 3.28. The van der Waals surface area contributed by atoms with Crippen molar-refractivity contribution in [2.45, 2.75) is 13.1 Å². The summed E-state index contributed by atoms with van der Waals surface area (Å²) >= 11 is 3.05. The maximum absolute atomic E-state index is 12.1. The SMILES string of the molecule is CCOc1cc(C=O)cc(Br)c1OCC(F)(F)F. The normalized spacial score (nSPS) is 11.2. The number of ether oxygens (including phenoxy) is 2. The molecule has 0 amide bonds. The van der Waals surface area contributed by atoms with E-state index in [1.807, 2.05) is 0 Å². The Kier molecular flexibility index (Phi) is 5.01. The van der Waals surface area contributed by atoms with E-state index in [1.54, 1.807) is 6.92 Å². The molecule has 18 heavy (non-hydrogen) atoms. The van der Waals surface area contributed by atoms with Gasteiger partial charge in [-0.2, -0.15) is 13.2 Å². The van der Waals surface area contributed by atoms with E-state index in [-0.39, 0.29) is 28.1 Å². The molecule has 0 spiro atoms. The van der Waals surface area contributed by atoms with Crippen LogP contribution in [0.4, 0.5) is 13.2 Å². The van der Waals surface area contributed by atoms with Gasteiger partial charge in [0, 0.05) is 5.56 Å². The van der Waals surface area contributed by atoms with Crippen LogP contribution in [0.15, 0.2) is 16.6 Å². The first-order valence-corrected chi connectivity index (χ1v) is 5.77. The Morgan fingerprint density at radius 1 is 1.33 bits per heavy atom. The minimum atomic E-state index is -4.44. The molecule has 0 saturated carbocycles. The molecule has 1 rings (SSSR count). The Morgan fingerprint density at radius 2 is 2.00 bits per heavy atom. The second kappa shape index (κ2) is 6.08. The number of hydrogen-bond donors (Lipinski definition) is 0. The van der Waals surface area contributed by atoms with Gasteiger partial charge in [-0.15, -0.1) is 0 Å². The number of rotatable bonds is 5. The smallest absolute Gasteiger partial charge is 0.422 e.